The largest absolute Gasteiger partial charge is 0.458 e. The molecule has 2 rings (SSSR count). The minimum absolute atomic E-state index is 0.0148. The summed E-state index contributed by atoms with van der Waals surface area (Å²) in [6.07, 6.45) is 1.79. The summed E-state index contributed by atoms with van der Waals surface area (Å²) in [4.78, 5) is 56.1. The van der Waals surface area contributed by atoms with Crippen LogP contribution in [0.15, 0.2) is 54.6 Å². The first-order valence-electron chi connectivity index (χ1n) is 15.6. The average Bonchev–Trinajstić information content (AvgIpc) is 2.94. The van der Waals surface area contributed by atoms with Crippen LogP contribution in [0.3, 0.4) is 0 Å². The van der Waals surface area contributed by atoms with Gasteiger partial charge in [-0.1, -0.05) is 79.9 Å². The van der Waals surface area contributed by atoms with Gasteiger partial charge in [0.25, 0.3) is 0 Å². The van der Waals surface area contributed by atoms with E-state index in [0.29, 0.717) is 12.0 Å². The van der Waals surface area contributed by atoms with Gasteiger partial charge in [-0.15, -0.1) is 0 Å². The SMILES string of the molecule is CCCCCN(C(=O)C(CS)NC(=O)OC(C)(C)C)C(C(=O)NC(Cc1ccccc1)C(=O)OC(C)(C)C)c1ccc(C)cc1. The van der Waals surface area contributed by atoms with Crippen LogP contribution in [0, 0.1) is 6.92 Å². The maximum Gasteiger partial charge on any atom is 0.408 e. The normalized spacial score (nSPS) is 13.6. The third-order valence-corrected chi connectivity index (χ3v) is 7.07. The fourth-order valence-corrected chi connectivity index (χ4v) is 4.87. The summed E-state index contributed by atoms with van der Waals surface area (Å²) in [5.74, 6) is -1.61. The summed E-state index contributed by atoms with van der Waals surface area (Å²) in [5, 5.41) is 5.55. The van der Waals surface area contributed by atoms with Crippen molar-refractivity contribution in [2.24, 2.45) is 0 Å². The first kappa shape index (κ1) is 37.7. The lowest BCUT2D eigenvalue weighted by atomic mass is 9.99. The van der Waals surface area contributed by atoms with E-state index in [4.69, 9.17) is 9.47 Å². The maximum absolute atomic E-state index is 14.4. The zero-order valence-corrected chi connectivity index (χ0v) is 28.9. The second-order valence-corrected chi connectivity index (χ2v) is 13.6. The molecule has 3 atom stereocenters. The number of ether oxygens (including phenoxy) is 2. The number of nitrogens with zero attached hydrogens (tertiary/aromatic N) is 1. The second-order valence-electron chi connectivity index (χ2n) is 13.2. The maximum atomic E-state index is 14.4. The third-order valence-electron chi connectivity index (χ3n) is 6.70. The molecule has 248 valence electrons. The van der Waals surface area contributed by atoms with E-state index in [-0.39, 0.29) is 18.7 Å². The molecule has 0 fully saturated rings. The van der Waals surface area contributed by atoms with E-state index < -0.39 is 53.2 Å². The molecule has 3 unspecified atom stereocenters. The molecule has 0 aromatic heterocycles. The Morgan fingerprint density at radius 2 is 1.42 bits per heavy atom. The number of unbranched alkanes of at least 4 members (excludes halogenated alkanes) is 2. The number of esters is 1. The summed E-state index contributed by atoms with van der Waals surface area (Å²) in [6.45, 7) is 14.7. The van der Waals surface area contributed by atoms with Crippen LogP contribution in [-0.2, 0) is 30.3 Å². The lowest BCUT2D eigenvalue weighted by molar-refractivity contribution is -0.159. The van der Waals surface area contributed by atoms with Gasteiger partial charge in [-0.05, 0) is 66.0 Å². The van der Waals surface area contributed by atoms with Gasteiger partial charge in [0.2, 0.25) is 11.8 Å². The minimum Gasteiger partial charge on any atom is -0.458 e. The van der Waals surface area contributed by atoms with Crippen LogP contribution in [0.25, 0.3) is 0 Å². The Morgan fingerprint density at radius 3 is 1.96 bits per heavy atom. The predicted octanol–water partition coefficient (Wildman–Crippen LogP) is 5.95. The van der Waals surface area contributed by atoms with Gasteiger partial charge in [0.05, 0.1) is 0 Å². The smallest absolute Gasteiger partial charge is 0.408 e. The molecule has 0 aliphatic carbocycles. The van der Waals surface area contributed by atoms with Crippen LogP contribution in [-0.4, -0.2) is 64.4 Å². The number of amides is 3. The quantitative estimate of drug-likeness (QED) is 0.134. The van der Waals surface area contributed by atoms with E-state index >= 15 is 0 Å². The molecule has 0 heterocycles. The predicted molar refractivity (Wildman–Crippen MR) is 180 cm³/mol. The highest BCUT2D eigenvalue weighted by atomic mass is 32.1. The number of hydrogen-bond acceptors (Lipinski definition) is 7. The number of rotatable bonds is 14. The van der Waals surface area contributed by atoms with Gasteiger partial charge in [0.15, 0.2) is 0 Å². The van der Waals surface area contributed by atoms with Crippen LogP contribution < -0.4 is 10.6 Å². The number of carbonyl (C=O) groups excluding carboxylic acids is 4. The minimum atomic E-state index is -1.10. The van der Waals surface area contributed by atoms with Gasteiger partial charge in [-0.3, -0.25) is 9.59 Å². The number of nitrogens with one attached hydrogen (secondary N) is 2. The molecule has 9 nitrogen and oxygen atoms in total. The van der Waals surface area contributed by atoms with E-state index in [2.05, 4.69) is 23.3 Å². The van der Waals surface area contributed by atoms with E-state index in [0.717, 1.165) is 24.0 Å². The van der Waals surface area contributed by atoms with Gasteiger partial charge < -0.3 is 25.0 Å². The first-order valence-corrected chi connectivity index (χ1v) is 16.2. The Kier molecular flexibility index (Phi) is 14.4. The van der Waals surface area contributed by atoms with Crippen LogP contribution in [0.4, 0.5) is 4.79 Å². The molecule has 2 aromatic carbocycles. The van der Waals surface area contributed by atoms with Crippen LogP contribution in [0.2, 0.25) is 0 Å². The summed E-state index contributed by atoms with van der Waals surface area (Å²) >= 11 is 4.36. The molecule has 3 amide bonds. The molecule has 0 aliphatic rings. The fraction of sp³-hybridized carbons (Fsp3) is 0.543. The standard InChI is InChI=1S/C35H51N3O6S/c1-9-10-14-21-38(31(40)28(23-45)37-33(42)44-35(6,7)8)29(26-19-17-24(2)18-20-26)30(39)36-27(32(41)43-34(3,4)5)22-25-15-12-11-13-16-25/h11-13,15-20,27-29,45H,9-10,14,21-23H2,1-8H3,(H,36,39)(H,37,42). The van der Waals surface area contributed by atoms with E-state index in [1.807, 2.05) is 56.3 Å². The Hall–Kier alpha value is -3.53. The highest BCUT2D eigenvalue weighted by Crippen LogP contribution is 2.25. The van der Waals surface area contributed by atoms with Crippen molar-refractivity contribution in [3.05, 3.63) is 71.3 Å². The lowest BCUT2D eigenvalue weighted by Crippen LogP contribution is -2.55. The number of carbonyl (C=O) groups is 4. The molecule has 0 saturated carbocycles. The topological polar surface area (TPSA) is 114 Å². The van der Waals surface area contributed by atoms with Crippen molar-refractivity contribution < 1.29 is 28.7 Å². The Bertz CT molecular complexity index is 1250. The third kappa shape index (κ3) is 13.2. The average molecular weight is 642 g/mol. The number of alkyl carbamates (subject to hydrolysis) is 1. The number of hydrogen-bond donors (Lipinski definition) is 3. The van der Waals surface area contributed by atoms with Crippen molar-refractivity contribution >= 4 is 36.5 Å². The molecule has 0 bridgehead atoms. The monoisotopic (exact) mass is 641 g/mol. The molecular formula is C35H51N3O6S. The van der Waals surface area contributed by atoms with E-state index in [1.54, 1.807) is 53.7 Å². The zero-order valence-electron chi connectivity index (χ0n) is 28.0. The number of benzene rings is 2. The van der Waals surface area contributed by atoms with Crippen molar-refractivity contribution in [2.75, 3.05) is 12.3 Å². The summed E-state index contributed by atoms with van der Waals surface area (Å²) in [5.41, 5.74) is 0.850. The molecule has 0 saturated heterocycles. The highest BCUT2D eigenvalue weighted by molar-refractivity contribution is 7.80. The van der Waals surface area contributed by atoms with Crippen LogP contribution in [0.5, 0.6) is 0 Å². The fourth-order valence-electron chi connectivity index (χ4n) is 4.62. The highest BCUT2D eigenvalue weighted by Gasteiger charge is 2.38. The molecular weight excluding hydrogens is 590 g/mol. The van der Waals surface area contributed by atoms with Crippen LogP contribution >= 0.6 is 12.6 Å². The molecule has 10 heteroatoms. The molecule has 2 aromatic rings. The van der Waals surface area contributed by atoms with Crippen molar-refractivity contribution in [3.8, 4) is 0 Å². The number of thiol groups is 1. The van der Waals surface area contributed by atoms with Gasteiger partial charge in [-0.25, -0.2) is 9.59 Å². The molecule has 0 radical (unpaired) electrons. The van der Waals surface area contributed by atoms with Gasteiger partial charge in [0, 0.05) is 18.7 Å². The van der Waals surface area contributed by atoms with Crippen molar-refractivity contribution in [2.45, 2.75) is 110 Å². The molecule has 0 spiro atoms. The number of aryl methyl sites for hydroxylation is 1. The van der Waals surface area contributed by atoms with Gasteiger partial charge in [0.1, 0.15) is 29.3 Å². The molecule has 2 N–H and O–H groups in total. The molecule has 45 heavy (non-hydrogen) atoms. The van der Waals surface area contributed by atoms with Crippen LogP contribution in [0.1, 0.15) is 90.5 Å². The zero-order chi connectivity index (χ0) is 33.8. The summed E-state index contributed by atoms with van der Waals surface area (Å²) in [6, 6.07) is 13.5. The lowest BCUT2D eigenvalue weighted by Gasteiger charge is -2.35. The molecule has 0 aliphatic heterocycles. The second kappa shape index (κ2) is 17.2. The van der Waals surface area contributed by atoms with E-state index in [9.17, 15) is 19.2 Å². The van der Waals surface area contributed by atoms with Crippen molar-refractivity contribution in [1.82, 2.24) is 15.5 Å². The Balaban J connectivity index is 2.55. The van der Waals surface area contributed by atoms with Gasteiger partial charge in [-0.2, -0.15) is 12.6 Å². The van der Waals surface area contributed by atoms with Crippen molar-refractivity contribution in [1.29, 1.82) is 0 Å². The Morgan fingerprint density at radius 1 is 0.822 bits per heavy atom. The van der Waals surface area contributed by atoms with E-state index in [1.165, 1.54) is 4.90 Å². The van der Waals surface area contributed by atoms with Gasteiger partial charge >= 0.3 is 12.1 Å². The first-order chi connectivity index (χ1) is 21.0. The Labute approximate surface area is 274 Å². The van der Waals surface area contributed by atoms with Crippen molar-refractivity contribution in [3.63, 3.8) is 0 Å². The summed E-state index contributed by atoms with van der Waals surface area (Å²) < 4.78 is 11.1. The summed E-state index contributed by atoms with van der Waals surface area (Å²) in [7, 11) is 0.